The molecule has 2 aromatic rings. The Morgan fingerprint density at radius 3 is 2.60 bits per heavy atom. The Morgan fingerprint density at radius 1 is 1.07 bits per heavy atom. The quantitative estimate of drug-likeness (QED) is 0.681. The lowest BCUT2D eigenvalue weighted by Gasteiger charge is -2.25. The third kappa shape index (κ3) is 5.24. The van der Waals surface area contributed by atoms with Gasteiger partial charge >= 0.3 is 0 Å². The SMILES string of the molecule is CCN(CC)C(=O)CN1CCCN(C(=O)CCn2cnc3ccccc3c2=O)CC1. The molecule has 1 aliphatic heterocycles. The molecule has 0 N–H and O–H groups in total. The smallest absolute Gasteiger partial charge is 0.261 e. The minimum atomic E-state index is -0.120. The van der Waals surface area contributed by atoms with Gasteiger partial charge in [-0.3, -0.25) is 23.9 Å². The van der Waals surface area contributed by atoms with E-state index in [4.69, 9.17) is 0 Å². The van der Waals surface area contributed by atoms with Crippen molar-refractivity contribution in [2.45, 2.75) is 33.2 Å². The van der Waals surface area contributed by atoms with E-state index in [1.165, 1.54) is 10.9 Å². The Hall–Kier alpha value is -2.74. The van der Waals surface area contributed by atoms with Crippen LogP contribution in [-0.4, -0.2) is 81.9 Å². The number of likely N-dealkylation sites (N-methyl/N-ethyl adjacent to an activating group) is 1. The van der Waals surface area contributed by atoms with Gasteiger partial charge in [0.25, 0.3) is 5.56 Å². The second-order valence-corrected chi connectivity index (χ2v) is 7.59. The molecule has 2 heterocycles. The van der Waals surface area contributed by atoms with Gasteiger partial charge in [0.15, 0.2) is 0 Å². The van der Waals surface area contributed by atoms with Crippen LogP contribution in [-0.2, 0) is 16.1 Å². The summed E-state index contributed by atoms with van der Waals surface area (Å²) < 4.78 is 1.51. The van der Waals surface area contributed by atoms with Gasteiger partial charge in [0.1, 0.15) is 0 Å². The molecule has 0 spiro atoms. The molecule has 1 fully saturated rings. The topological polar surface area (TPSA) is 78.8 Å². The first-order valence-corrected chi connectivity index (χ1v) is 10.8. The zero-order valence-corrected chi connectivity index (χ0v) is 17.9. The summed E-state index contributed by atoms with van der Waals surface area (Å²) in [4.78, 5) is 47.8. The second kappa shape index (κ2) is 10.3. The molecule has 162 valence electrons. The van der Waals surface area contributed by atoms with Gasteiger partial charge < -0.3 is 9.80 Å². The van der Waals surface area contributed by atoms with Crippen LogP contribution in [0.25, 0.3) is 10.9 Å². The zero-order valence-electron chi connectivity index (χ0n) is 17.9. The molecular formula is C22H31N5O3. The normalized spacial score (nSPS) is 15.2. The maximum atomic E-state index is 12.7. The standard InChI is InChI=1S/C22H31N5O3/c1-3-25(4-2)21(29)16-24-11-7-12-26(15-14-24)20(28)10-13-27-17-23-19-9-6-5-8-18(19)22(27)30/h5-6,8-9,17H,3-4,7,10-16H2,1-2H3. The molecule has 8 heteroatoms. The molecule has 30 heavy (non-hydrogen) atoms. The molecule has 0 radical (unpaired) electrons. The van der Waals surface area contributed by atoms with Crippen molar-refractivity contribution in [1.29, 1.82) is 0 Å². The predicted octanol–water partition coefficient (Wildman–Crippen LogP) is 1.19. The van der Waals surface area contributed by atoms with Crippen LogP contribution in [0.1, 0.15) is 26.7 Å². The zero-order chi connectivity index (χ0) is 21.5. The van der Waals surface area contributed by atoms with E-state index in [-0.39, 0.29) is 23.8 Å². The molecule has 1 saturated heterocycles. The number of aryl methyl sites for hydroxylation is 1. The highest BCUT2D eigenvalue weighted by atomic mass is 16.2. The number of carbonyl (C=O) groups excluding carboxylic acids is 2. The van der Waals surface area contributed by atoms with Crippen LogP contribution < -0.4 is 5.56 Å². The number of nitrogens with zero attached hydrogens (tertiary/aromatic N) is 5. The van der Waals surface area contributed by atoms with Crippen LogP contribution in [0.4, 0.5) is 0 Å². The van der Waals surface area contributed by atoms with Gasteiger partial charge in [0.2, 0.25) is 11.8 Å². The Bertz CT molecular complexity index is 938. The van der Waals surface area contributed by atoms with Crippen LogP contribution in [0, 0.1) is 0 Å². The number of hydrogen-bond donors (Lipinski definition) is 0. The molecule has 1 aromatic heterocycles. The summed E-state index contributed by atoms with van der Waals surface area (Å²) in [6.45, 7) is 8.92. The molecule has 3 rings (SSSR count). The first-order valence-electron chi connectivity index (χ1n) is 10.8. The van der Waals surface area contributed by atoms with Gasteiger partial charge in [-0.05, 0) is 32.4 Å². The summed E-state index contributed by atoms with van der Waals surface area (Å²) in [5.74, 6) is 0.176. The Morgan fingerprint density at radius 2 is 1.83 bits per heavy atom. The summed E-state index contributed by atoms with van der Waals surface area (Å²) in [6.07, 6.45) is 2.62. The Labute approximate surface area is 177 Å². The first-order chi connectivity index (χ1) is 14.5. The number of para-hydroxylation sites is 1. The molecule has 0 saturated carbocycles. The summed E-state index contributed by atoms with van der Waals surface area (Å²) in [7, 11) is 0. The van der Waals surface area contributed by atoms with Crippen molar-refractivity contribution in [2.24, 2.45) is 0 Å². The molecule has 1 aliphatic rings. The number of fused-ring (bicyclic) bond motifs is 1. The van der Waals surface area contributed by atoms with Crippen molar-refractivity contribution in [3.05, 3.63) is 40.9 Å². The van der Waals surface area contributed by atoms with Gasteiger partial charge in [0, 0.05) is 52.2 Å². The second-order valence-electron chi connectivity index (χ2n) is 7.59. The third-order valence-electron chi connectivity index (χ3n) is 5.71. The molecule has 0 atom stereocenters. The van der Waals surface area contributed by atoms with E-state index in [2.05, 4.69) is 9.88 Å². The Kier molecular flexibility index (Phi) is 7.57. The van der Waals surface area contributed by atoms with Crippen molar-refractivity contribution in [2.75, 3.05) is 45.8 Å². The van der Waals surface area contributed by atoms with Gasteiger partial charge in [-0.2, -0.15) is 0 Å². The maximum Gasteiger partial charge on any atom is 0.261 e. The fourth-order valence-electron chi connectivity index (χ4n) is 3.89. The van der Waals surface area contributed by atoms with Gasteiger partial charge in [-0.25, -0.2) is 4.98 Å². The molecule has 0 bridgehead atoms. The van der Waals surface area contributed by atoms with E-state index in [0.717, 1.165) is 26.1 Å². The van der Waals surface area contributed by atoms with Gasteiger partial charge in [0.05, 0.1) is 23.8 Å². The number of carbonyl (C=O) groups is 2. The number of aromatic nitrogens is 2. The average molecular weight is 414 g/mol. The largest absolute Gasteiger partial charge is 0.342 e. The highest BCUT2D eigenvalue weighted by molar-refractivity contribution is 5.79. The molecular weight excluding hydrogens is 382 g/mol. The van der Waals surface area contributed by atoms with Crippen molar-refractivity contribution in [3.8, 4) is 0 Å². The summed E-state index contributed by atoms with van der Waals surface area (Å²) in [5.41, 5.74) is 0.544. The highest BCUT2D eigenvalue weighted by Gasteiger charge is 2.21. The van der Waals surface area contributed by atoms with E-state index in [9.17, 15) is 14.4 Å². The van der Waals surface area contributed by atoms with Crippen LogP contribution in [0.5, 0.6) is 0 Å². The maximum absolute atomic E-state index is 12.7. The van der Waals surface area contributed by atoms with Crippen molar-refractivity contribution >= 4 is 22.7 Å². The number of hydrogen-bond acceptors (Lipinski definition) is 5. The van der Waals surface area contributed by atoms with E-state index in [1.807, 2.05) is 35.8 Å². The number of rotatable bonds is 7. The van der Waals surface area contributed by atoms with Gasteiger partial charge in [-0.15, -0.1) is 0 Å². The van der Waals surface area contributed by atoms with Crippen LogP contribution in [0.15, 0.2) is 35.4 Å². The molecule has 1 aromatic carbocycles. The van der Waals surface area contributed by atoms with Gasteiger partial charge in [-0.1, -0.05) is 12.1 Å². The van der Waals surface area contributed by atoms with Crippen molar-refractivity contribution in [3.63, 3.8) is 0 Å². The predicted molar refractivity (Wildman–Crippen MR) is 116 cm³/mol. The molecule has 0 aliphatic carbocycles. The monoisotopic (exact) mass is 413 g/mol. The lowest BCUT2D eigenvalue weighted by Crippen LogP contribution is -2.42. The fraction of sp³-hybridized carbons (Fsp3) is 0.545. The lowest BCUT2D eigenvalue weighted by molar-refractivity contribution is -0.132. The lowest BCUT2D eigenvalue weighted by atomic mass is 10.2. The van der Waals surface area contributed by atoms with E-state index >= 15 is 0 Å². The third-order valence-corrected chi connectivity index (χ3v) is 5.71. The Balaban J connectivity index is 1.53. The van der Waals surface area contributed by atoms with Crippen molar-refractivity contribution < 1.29 is 9.59 Å². The molecule has 2 amide bonds. The fourth-order valence-corrected chi connectivity index (χ4v) is 3.89. The summed E-state index contributed by atoms with van der Waals surface area (Å²) >= 11 is 0. The first kappa shape index (κ1) is 22.0. The number of benzene rings is 1. The van der Waals surface area contributed by atoms with E-state index in [0.29, 0.717) is 43.6 Å². The van der Waals surface area contributed by atoms with Crippen molar-refractivity contribution in [1.82, 2.24) is 24.3 Å². The summed E-state index contributed by atoms with van der Waals surface area (Å²) in [6, 6.07) is 7.22. The highest BCUT2D eigenvalue weighted by Crippen LogP contribution is 2.08. The minimum absolute atomic E-state index is 0.0342. The molecule has 0 unspecified atom stereocenters. The van der Waals surface area contributed by atoms with Crippen LogP contribution in [0.3, 0.4) is 0 Å². The van der Waals surface area contributed by atoms with Crippen LogP contribution in [0.2, 0.25) is 0 Å². The average Bonchev–Trinajstić information content (AvgIpc) is 3.00. The number of amides is 2. The molecule has 8 nitrogen and oxygen atoms in total. The van der Waals surface area contributed by atoms with E-state index < -0.39 is 0 Å². The van der Waals surface area contributed by atoms with E-state index in [1.54, 1.807) is 12.1 Å². The summed E-state index contributed by atoms with van der Waals surface area (Å²) in [5, 5.41) is 0.565. The van der Waals surface area contributed by atoms with Crippen LogP contribution >= 0.6 is 0 Å². The minimum Gasteiger partial charge on any atom is -0.342 e.